The Morgan fingerprint density at radius 3 is 2.44 bits per heavy atom. The number of aromatic nitrogens is 2. The summed E-state index contributed by atoms with van der Waals surface area (Å²) < 4.78 is 60.8. The average molecular weight is 491 g/mol. The van der Waals surface area contributed by atoms with Crippen LogP contribution in [0.1, 0.15) is 34.7 Å². The highest BCUT2D eigenvalue weighted by Gasteiger charge is 2.31. The van der Waals surface area contributed by atoms with E-state index in [1.54, 1.807) is 15.6 Å². The molecule has 2 fully saturated rings. The molecule has 180 valence electrons. The summed E-state index contributed by atoms with van der Waals surface area (Å²) in [6.07, 6.45) is 4.53. The van der Waals surface area contributed by atoms with Crippen molar-refractivity contribution >= 4 is 21.4 Å². The summed E-state index contributed by atoms with van der Waals surface area (Å²) in [6, 6.07) is 6.52. The number of benzene rings is 1. The number of hydrogen-bond acceptors (Lipinski definition) is 5. The van der Waals surface area contributed by atoms with Gasteiger partial charge in [-0.05, 0) is 54.7 Å². The molecular formula is C23H24F2N4O4S. The van der Waals surface area contributed by atoms with E-state index in [-0.39, 0.29) is 29.8 Å². The number of halogens is 2. The van der Waals surface area contributed by atoms with E-state index in [1.807, 2.05) is 18.3 Å². The predicted molar refractivity (Wildman–Crippen MR) is 119 cm³/mol. The van der Waals surface area contributed by atoms with Gasteiger partial charge in [-0.25, -0.2) is 21.7 Å². The maximum absolute atomic E-state index is 13.6. The zero-order valence-electron chi connectivity index (χ0n) is 18.4. The zero-order valence-corrected chi connectivity index (χ0v) is 19.2. The van der Waals surface area contributed by atoms with Crippen LogP contribution in [-0.4, -0.2) is 72.5 Å². The minimum atomic E-state index is -3.91. The summed E-state index contributed by atoms with van der Waals surface area (Å²) in [4.78, 5) is 14.5. The average Bonchev–Trinajstić information content (AvgIpc) is 3.29. The number of sulfonamides is 1. The lowest BCUT2D eigenvalue weighted by atomic mass is 9.90. The molecule has 0 bridgehead atoms. The van der Waals surface area contributed by atoms with Crippen LogP contribution in [0.15, 0.2) is 47.6 Å². The molecule has 0 radical (unpaired) electrons. The molecular weight excluding hydrogens is 466 g/mol. The first kappa shape index (κ1) is 22.9. The van der Waals surface area contributed by atoms with E-state index < -0.39 is 21.7 Å². The first-order chi connectivity index (χ1) is 16.3. The lowest BCUT2D eigenvalue weighted by Gasteiger charge is -2.31. The van der Waals surface area contributed by atoms with E-state index in [0.29, 0.717) is 50.2 Å². The van der Waals surface area contributed by atoms with Crippen LogP contribution in [0.25, 0.3) is 5.52 Å². The monoisotopic (exact) mass is 490 g/mol. The third-order valence-corrected chi connectivity index (χ3v) is 8.42. The lowest BCUT2D eigenvalue weighted by molar-refractivity contribution is 0.0304. The maximum Gasteiger partial charge on any atom is 0.257 e. The van der Waals surface area contributed by atoms with Crippen molar-refractivity contribution in [1.29, 1.82) is 0 Å². The fourth-order valence-electron chi connectivity index (χ4n) is 4.57. The second-order valence-electron chi connectivity index (χ2n) is 8.51. The Morgan fingerprint density at radius 1 is 1.00 bits per heavy atom. The Bertz CT molecular complexity index is 1330. The minimum Gasteiger partial charge on any atom is -0.378 e. The molecule has 0 unspecified atom stereocenters. The van der Waals surface area contributed by atoms with Gasteiger partial charge >= 0.3 is 0 Å². The van der Waals surface area contributed by atoms with Crippen molar-refractivity contribution in [2.24, 2.45) is 0 Å². The minimum absolute atomic E-state index is 0.0807. The smallest absolute Gasteiger partial charge is 0.257 e. The molecule has 0 spiro atoms. The number of carbonyl (C=O) groups is 1. The number of amides is 1. The van der Waals surface area contributed by atoms with Crippen molar-refractivity contribution in [3.63, 3.8) is 0 Å². The van der Waals surface area contributed by atoms with Crippen LogP contribution in [0, 0.1) is 11.6 Å². The zero-order chi connectivity index (χ0) is 23.9. The highest BCUT2D eigenvalue weighted by Crippen LogP contribution is 2.32. The second-order valence-corrected chi connectivity index (χ2v) is 10.4. The second kappa shape index (κ2) is 9.05. The highest BCUT2D eigenvalue weighted by atomic mass is 32.2. The summed E-state index contributed by atoms with van der Waals surface area (Å²) >= 11 is 0. The van der Waals surface area contributed by atoms with Crippen molar-refractivity contribution in [2.75, 3.05) is 39.4 Å². The number of rotatable bonds is 4. The molecule has 8 nitrogen and oxygen atoms in total. The first-order valence-electron chi connectivity index (χ1n) is 11.1. The predicted octanol–water partition coefficient (Wildman–Crippen LogP) is 2.65. The van der Waals surface area contributed by atoms with Crippen LogP contribution in [0.4, 0.5) is 8.78 Å². The molecule has 0 saturated carbocycles. The van der Waals surface area contributed by atoms with Gasteiger partial charge in [0.15, 0.2) is 11.6 Å². The number of nitrogens with zero attached hydrogens (tertiary/aromatic N) is 4. The number of carbonyl (C=O) groups excluding carboxylic acids is 1. The number of hydrogen-bond donors (Lipinski definition) is 0. The number of morpholine rings is 1. The number of piperidine rings is 1. The van der Waals surface area contributed by atoms with Gasteiger partial charge in [-0.15, -0.1) is 0 Å². The quantitative estimate of drug-likeness (QED) is 0.562. The van der Waals surface area contributed by atoms with E-state index in [2.05, 4.69) is 5.10 Å². The van der Waals surface area contributed by atoms with E-state index >= 15 is 0 Å². The summed E-state index contributed by atoms with van der Waals surface area (Å²) in [5.41, 5.74) is 2.25. The Balaban J connectivity index is 1.32. The maximum atomic E-state index is 13.6. The van der Waals surface area contributed by atoms with Gasteiger partial charge in [0.05, 0.1) is 35.4 Å². The Labute approximate surface area is 195 Å². The molecule has 0 atom stereocenters. The summed E-state index contributed by atoms with van der Waals surface area (Å²) in [6.45, 7) is 2.64. The third kappa shape index (κ3) is 4.19. The summed E-state index contributed by atoms with van der Waals surface area (Å²) in [5, 5.41) is 4.31. The summed E-state index contributed by atoms with van der Waals surface area (Å²) in [5.74, 6) is -2.25. The van der Waals surface area contributed by atoms with Crippen LogP contribution in [0.3, 0.4) is 0 Å². The third-order valence-electron chi connectivity index (χ3n) is 6.53. The molecule has 1 aromatic carbocycles. The van der Waals surface area contributed by atoms with Gasteiger partial charge in [-0.3, -0.25) is 4.79 Å². The van der Waals surface area contributed by atoms with Crippen molar-refractivity contribution in [1.82, 2.24) is 18.8 Å². The van der Waals surface area contributed by atoms with Gasteiger partial charge in [0, 0.05) is 32.4 Å². The molecule has 34 heavy (non-hydrogen) atoms. The Kier molecular flexibility index (Phi) is 6.09. The molecule has 2 aliphatic heterocycles. The lowest BCUT2D eigenvalue weighted by Crippen LogP contribution is -2.40. The Morgan fingerprint density at radius 2 is 1.74 bits per heavy atom. The summed E-state index contributed by atoms with van der Waals surface area (Å²) in [7, 11) is -3.91. The highest BCUT2D eigenvalue weighted by molar-refractivity contribution is 7.89. The van der Waals surface area contributed by atoms with Gasteiger partial charge in [-0.2, -0.15) is 9.40 Å². The van der Waals surface area contributed by atoms with Crippen molar-refractivity contribution in [3.05, 3.63) is 65.5 Å². The topological polar surface area (TPSA) is 84.2 Å². The molecule has 4 heterocycles. The number of ether oxygens (including phenoxy) is 1. The molecule has 0 aliphatic carbocycles. The van der Waals surface area contributed by atoms with Crippen LogP contribution in [0.2, 0.25) is 0 Å². The van der Waals surface area contributed by atoms with Gasteiger partial charge < -0.3 is 9.64 Å². The van der Waals surface area contributed by atoms with Gasteiger partial charge in [-0.1, -0.05) is 0 Å². The molecule has 1 amide bonds. The van der Waals surface area contributed by atoms with Gasteiger partial charge in [0.1, 0.15) is 0 Å². The van der Waals surface area contributed by atoms with E-state index in [9.17, 15) is 22.0 Å². The number of fused-ring (bicyclic) bond motifs is 1. The molecule has 2 aromatic heterocycles. The van der Waals surface area contributed by atoms with E-state index in [0.717, 1.165) is 23.8 Å². The van der Waals surface area contributed by atoms with Crippen molar-refractivity contribution in [3.8, 4) is 0 Å². The number of pyridine rings is 1. The molecule has 2 saturated heterocycles. The van der Waals surface area contributed by atoms with Crippen molar-refractivity contribution < 1.29 is 26.7 Å². The fraction of sp³-hybridized carbons (Fsp3) is 0.391. The first-order valence-corrected chi connectivity index (χ1v) is 12.6. The molecule has 11 heteroatoms. The largest absolute Gasteiger partial charge is 0.378 e. The van der Waals surface area contributed by atoms with Gasteiger partial charge in [0.2, 0.25) is 10.0 Å². The van der Waals surface area contributed by atoms with Crippen LogP contribution < -0.4 is 0 Å². The van der Waals surface area contributed by atoms with Crippen LogP contribution in [-0.2, 0) is 14.8 Å². The molecule has 5 rings (SSSR count). The molecule has 2 aliphatic rings. The van der Waals surface area contributed by atoms with Crippen LogP contribution in [0.5, 0.6) is 0 Å². The normalized spacial score (nSPS) is 18.5. The van der Waals surface area contributed by atoms with E-state index in [1.165, 1.54) is 4.31 Å². The standard InChI is InChI=1S/C23H24F2N4O4S/c24-20-2-1-18(14-21(20)25)34(31,32)28-6-3-16(4-7-28)17-5-8-29-22(13-17)19(15-26-29)23(30)27-9-11-33-12-10-27/h1-2,5,8,13-16H,3-4,6-7,9-12H2. The van der Waals surface area contributed by atoms with E-state index in [4.69, 9.17) is 4.74 Å². The molecule has 3 aromatic rings. The van der Waals surface area contributed by atoms with Crippen LogP contribution >= 0.6 is 0 Å². The fourth-order valence-corrected chi connectivity index (χ4v) is 6.05. The SMILES string of the molecule is O=C(c1cnn2ccc(C3CCN(S(=O)(=O)c4ccc(F)c(F)c4)CC3)cc12)N1CCOCC1. The molecule has 0 N–H and O–H groups in total. The van der Waals surface area contributed by atoms with Crippen molar-refractivity contribution in [2.45, 2.75) is 23.7 Å². The van der Waals surface area contributed by atoms with Gasteiger partial charge in [0.25, 0.3) is 5.91 Å². The Hall–Kier alpha value is -2.89.